The van der Waals surface area contributed by atoms with Crippen LogP contribution in [-0.4, -0.2) is 20.3 Å². The Hall–Kier alpha value is -0.350. The molecule has 0 saturated heterocycles. The highest BCUT2D eigenvalue weighted by molar-refractivity contribution is 7.86. The smallest absolute Gasteiger partial charge is 0.267 e. The highest BCUT2D eigenvalue weighted by Crippen LogP contribution is 2.67. The van der Waals surface area contributed by atoms with E-state index in [9.17, 15) is 8.42 Å². The fourth-order valence-corrected chi connectivity index (χ4v) is 11.0. The van der Waals surface area contributed by atoms with Crippen LogP contribution in [0.1, 0.15) is 126 Å². The summed E-state index contributed by atoms with van der Waals surface area (Å²) in [5, 5.41) is 0. The van der Waals surface area contributed by atoms with Gasteiger partial charge in [0.2, 0.25) is 0 Å². The van der Waals surface area contributed by atoms with Crippen LogP contribution in [0.5, 0.6) is 0 Å². The first kappa shape index (κ1) is 28.7. The number of hydrogen-bond donors (Lipinski definition) is 0. The molecule has 4 rings (SSSR count). The number of allylic oxidation sites excluding steroid dienone is 2. The van der Waals surface area contributed by atoms with Gasteiger partial charge < -0.3 is 0 Å². The Morgan fingerprint density at radius 3 is 2.42 bits per heavy atom. The van der Waals surface area contributed by atoms with E-state index in [0.29, 0.717) is 16.7 Å². The lowest BCUT2D eigenvalue weighted by atomic mass is 9.46. The van der Waals surface area contributed by atoms with Crippen molar-refractivity contribution in [3.63, 3.8) is 0 Å². The SMILES string of the molecule is CC(C)CCC[C@@H](C)[C@H]1CC[C@H]2[C@@H]3CC=C4C[C@@H](CCS(=O)(=O)OC(C)C)CC[C@]4(C)[C@H]3CC[C@]12C. The van der Waals surface area contributed by atoms with E-state index in [1.807, 2.05) is 0 Å². The standard InChI is InChI=1S/C32H56O3S/c1-22(2)9-8-10-24(5)28-13-14-29-27-12-11-26-21-25(17-20-36(33,34)35-23(3)4)15-18-31(26,6)30(27)16-19-32(28,29)7/h11,22-25,27-30H,8-10,12-21H2,1-7H3/t24-,25-,27+,28-,29+,30+,31+,32-/m1/s1. The molecule has 4 aliphatic rings. The van der Waals surface area contributed by atoms with Crippen LogP contribution in [0.4, 0.5) is 0 Å². The third-order valence-corrected chi connectivity index (χ3v) is 12.9. The summed E-state index contributed by atoms with van der Waals surface area (Å²) >= 11 is 0. The van der Waals surface area contributed by atoms with Crippen LogP contribution in [0.15, 0.2) is 11.6 Å². The highest BCUT2D eigenvalue weighted by atomic mass is 32.2. The molecular weight excluding hydrogens is 464 g/mol. The molecule has 0 aromatic carbocycles. The monoisotopic (exact) mass is 520 g/mol. The van der Waals surface area contributed by atoms with Crippen molar-refractivity contribution in [3.8, 4) is 0 Å². The third-order valence-electron chi connectivity index (χ3n) is 11.5. The van der Waals surface area contributed by atoms with Crippen LogP contribution in [0.3, 0.4) is 0 Å². The van der Waals surface area contributed by atoms with Gasteiger partial charge in [0.15, 0.2) is 0 Å². The second-order valence-electron chi connectivity index (χ2n) is 14.6. The molecule has 3 saturated carbocycles. The summed E-state index contributed by atoms with van der Waals surface area (Å²) in [7, 11) is -3.40. The van der Waals surface area contributed by atoms with E-state index < -0.39 is 10.1 Å². The Morgan fingerprint density at radius 1 is 0.972 bits per heavy atom. The van der Waals surface area contributed by atoms with Gasteiger partial charge in [0.25, 0.3) is 10.1 Å². The summed E-state index contributed by atoms with van der Waals surface area (Å²) in [5.41, 5.74) is 2.55. The molecule has 0 aromatic heterocycles. The third kappa shape index (κ3) is 5.80. The normalized spacial score (nSPS) is 39.5. The predicted molar refractivity (Wildman–Crippen MR) is 151 cm³/mol. The largest absolute Gasteiger partial charge is 0.267 e. The van der Waals surface area contributed by atoms with Crippen molar-refractivity contribution in [3.05, 3.63) is 11.6 Å². The first-order chi connectivity index (χ1) is 16.9. The van der Waals surface area contributed by atoms with Crippen molar-refractivity contribution in [2.75, 3.05) is 5.75 Å². The van der Waals surface area contributed by atoms with Gasteiger partial charge >= 0.3 is 0 Å². The topological polar surface area (TPSA) is 43.4 Å². The Bertz CT molecular complexity index is 889. The zero-order valence-electron chi connectivity index (χ0n) is 24.5. The molecule has 0 aromatic rings. The van der Waals surface area contributed by atoms with Gasteiger partial charge in [-0.3, -0.25) is 4.18 Å². The molecule has 4 heteroatoms. The lowest BCUT2D eigenvalue weighted by Crippen LogP contribution is -2.50. The number of rotatable bonds is 10. The average molecular weight is 521 g/mol. The molecule has 0 amide bonds. The first-order valence-corrected chi connectivity index (χ1v) is 17.0. The van der Waals surface area contributed by atoms with Crippen molar-refractivity contribution in [1.29, 1.82) is 0 Å². The molecule has 0 N–H and O–H groups in total. The van der Waals surface area contributed by atoms with Gasteiger partial charge in [-0.25, -0.2) is 0 Å². The van der Waals surface area contributed by atoms with E-state index >= 15 is 0 Å². The Morgan fingerprint density at radius 2 is 1.72 bits per heavy atom. The van der Waals surface area contributed by atoms with E-state index in [4.69, 9.17) is 4.18 Å². The fourth-order valence-electron chi connectivity index (χ4n) is 9.66. The van der Waals surface area contributed by atoms with E-state index in [1.54, 1.807) is 19.4 Å². The summed E-state index contributed by atoms with van der Waals surface area (Å²) in [6, 6.07) is 0. The van der Waals surface area contributed by atoms with Crippen LogP contribution in [0, 0.1) is 52.3 Å². The zero-order chi connectivity index (χ0) is 26.3. The predicted octanol–water partition coefficient (Wildman–Crippen LogP) is 8.79. The molecule has 3 fully saturated rings. The highest BCUT2D eigenvalue weighted by Gasteiger charge is 2.59. The lowest BCUT2D eigenvalue weighted by molar-refractivity contribution is -0.0528. The molecule has 0 unspecified atom stereocenters. The van der Waals surface area contributed by atoms with Gasteiger partial charge in [0.1, 0.15) is 0 Å². The lowest BCUT2D eigenvalue weighted by Gasteiger charge is -2.58. The van der Waals surface area contributed by atoms with E-state index in [0.717, 1.165) is 48.3 Å². The first-order valence-electron chi connectivity index (χ1n) is 15.5. The molecule has 3 nitrogen and oxygen atoms in total. The average Bonchev–Trinajstić information content (AvgIpc) is 3.14. The van der Waals surface area contributed by atoms with E-state index in [-0.39, 0.29) is 11.9 Å². The molecule has 36 heavy (non-hydrogen) atoms. The summed E-state index contributed by atoms with van der Waals surface area (Å²) in [6.07, 6.45) is 17.8. The Kier molecular flexibility index (Phi) is 8.78. The molecule has 208 valence electrons. The van der Waals surface area contributed by atoms with Crippen molar-refractivity contribution in [1.82, 2.24) is 0 Å². The van der Waals surface area contributed by atoms with Crippen LogP contribution in [-0.2, 0) is 14.3 Å². The summed E-state index contributed by atoms with van der Waals surface area (Å²) < 4.78 is 29.7. The Labute approximate surface area is 223 Å². The molecular formula is C32H56O3S. The number of hydrogen-bond acceptors (Lipinski definition) is 3. The minimum atomic E-state index is -3.40. The molecule has 0 spiro atoms. The molecule has 0 heterocycles. The van der Waals surface area contributed by atoms with Gasteiger partial charge in [0, 0.05) is 0 Å². The van der Waals surface area contributed by atoms with Gasteiger partial charge in [-0.15, -0.1) is 0 Å². The number of fused-ring (bicyclic) bond motifs is 5. The maximum Gasteiger partial charge on any atom is 0.267 e. The van der Waals surface area contributed by atoms with Gasteiger partial charge in [-0.2, -0.15) is 8.42 Å². The molecule has 0 aliphatic heterocycles. The Balaban J connectivity index is 1.40. The zero-order valence-corrected chi connectivity index (χ0v) is 25.3. The maximum absolute atomic E-state index is 12.3. The van der Waals surface area contributed by atoms with Crippen LogP contribution >= 0.6 is 0 Å². The van der Waals surface area contributed by atoms with Gasteiger partial charge in [-0.1, -0.05) is 65.5 Å². The fraction of sp³-hybridized carbons (Fsp3) is 0.938. The molecule has 8 atom stereocenters. The second kappa shape index (κ2) is 11.0. The van der Waals surface area contributed by atoms with Crippen molar-refractivity contribution in [2.24, 2.45) is 52.3 Å². The van der Waals surface area contributed by atoms with Crippen LogP contribution < -0.4 is 0 Å². The van der Waals surface area contributed by atoms with E-state index in [1.165, 1.54) is 64.2 Å². The second-order valence-corrected chi connectivity index (χ2v) is 16.3. The van der Waals surface area contributed by atoms with Gasteiger partial charge in [0.05, 0.1) is 11.9 Å². The van der Waals surface area contributed by atoms with E-state index in [2.05, 4.69) is 40.7 Å². The van der Waals surface area contributed by atoms with Crippen molar-refractivity contribution in [2.45, 2.75) is 132 Å². The summed E-state index contributed by atoms with van der Waals surface area (Å²) in [4.78, 5) is 0. The molecule has 0 radical (unpaired) electrons. The minimum absolute atomic E-state index is 0.170. The van der Waals surface area contributed by atoms with Crippen molar-refractivity contribution >= 4 is 10.1 Å². The van der Waals surface area contributed by atoms with Crippen LogP contribution in [0.2, 0.25) is 0 Å². The summed E-state index contributed by atoms with van der Waals surface area (Å²) in [6.45, 7) is 16.1. The van der Waals surface area contributed by atoms with Gasteiger partial charge in [-0.05, 0) is 124 Å². The van der Waals surface area contributed by atoms with Crippen molar-refractivity contribution < 1.29 is 12.6 Å². The quantitative estimate of drug-likeness (QED) is 0.213. The summed E-state index contributed by atoms with van der Waals surface area (Å²) in [5.74, 6) is 5.87. The minimum Gasteiger partial charge on any atom is -0.267 e. The molecule has 4 aliphatic carbocycles. The molecule has 0 bridgehead atoms. The van der Waals surface area contributed by atoms with Crippen LogP contribution in [0.25, 0.3) is 0 Å². The maximum atomic E-state index is 12.3.